The molecule has 5 aromatic heterocycles. The molecule has 2 aromatic carbocycles. The van der Waals surface area contributed by atoms with Crippen molar-refractivity contribution in [3.8, 4) is 20.9 Å². The Morgan fingerprint density at radius 3 is 1.36 bits per heavy atom. The standard InChI is InChI=1S/C24H18O4S4.C12H12Br2O4.C6H3S2/c1-3-27-21(25)17-11-16(20-10-14-6-8-30-24(14)32-20)18(22(26)28-4-2)12-15(17)19-9-13-5-7-29-23(13)31-19;1-3-17-11(15)7-5-10(14)8(6-9(7)13)12(16)18-4-2;1-3-7-6-5(1)2-4-8-6/h5-12H,3-4H2,1-2H3;5-6H,3-4H2,1-2H3;1-3H/q;;+1. The van der Waals surface area contributed by atoms with Crippen LogP contribution in [0.5, 0.6) is 0 Å². The molecule has 0 atom stereocenters. The molecule has 0 spiro atoms. The Labute approximate surface area is 376 Å². The zero-order chi connectivity index (χ0) is 41.3. The van der Waals surface area contributed by atoms with Gasteiger partial charge >= 0.3 is 23.9 Å². The van der Waals surface area contributed by atoms with Crippen LogP contribution >= 0.6 is 100 Å². The van der Waals surface area contributed by atoms with Crippen molar-refractivity contribution in [1.82, 2.24) is 0 Å². The molecule has 1 aliphatic heterocycles. The van der Waals surface area contributed by atoms with Gasteiger partial charge < -0.3 is 18.9 Å². The lowest BCUT2D eigenvalue weighted by molar-refractivity contribution is 0.0509. The SMILES string of the molecule is CCOC(=O)c1cc(-c2cc3ccsc3s2)c(C(=O)OCC)cc1-c1cc2ccsc2s1.CCOC(=O)c1cc(Br)c(C(=O)OCC)cc1Br.[C+]1=Cc2ccsc2S1. The molecule has 0 unspecified atom stereocenters. The van der Waals surface area contributed by atoms with E-state index in [4.69, 9.17) is 18.9 Å². The van der Waals surface area contributed by atoms with E-state index in [9.17, 15) is 19.2 Å². The van der Waals surface area contributed by atoms with Gasteiger partial charge in [-0.1, -0.05) is 0 Å². The van der Waals surface area contributed by atoms with Crippen LogP contribution in [0, 0.1) is 5.41 Å². The Balaban J connectivity index is 0.000000181. The van der Waals surface area contributed by atoms with Crippen molar-refractivity contribution in [2.24, 2.45) is 0 Å². The van der Waals surface area contributed by atoms with Gasteiger partial charge in [-0.2, -0.15) is 0 Å². The number of carbonyl (C=O) groups is 4. The number of thioether (sulfide) groups is 1. The van der Waals surface area contributed by atoms with E-state index in [-0.39, 0.29) is 13.2 Å². The van der Waals surface area contributed by atoms with Crippen molar-refractivity contribution in [3.05, 3.63) is 113 Å². The lowest BCUT2D eigenvalue weighted by Crippen LogP contribution is -2.11. The minimum absolute atomic E-state index is 0.279. The monoisotopic (exact) mass is 1010 g/mol. The molecule has 1 aliphatic rings. The number of ether oxygens (including phenoxy) is 4. The molecule has 8 nitrogen and oxygen atoms in total. The summed E-state index contributed by atoms with van der Waals surface area (Å²) >= 11 is 16.5. The summed E-state index contributed by atoms with van der Waals surface area (Å²) in [4.78, 5) is 51.1. The highest BCUT2D eigenvalue weighted by molar-refractivity contribution is 9.11. The molecule has 0 amide bonds. The van der Waals surface area contributed by atoms with Gasteiger partial charge in [0, 0.05) is 52.0 Å². The molecule has 0 saturated carbocycles. The molecule has 8 rings (SSSR count). The molecule has 0 radical (unpaired) electrons. The van der Waals surface area contributed by atoms with Crippen LogP contribution in [0.15, 0.2) is 83.9 Å². The van der Waals surface area contributed by atoms with Crippen molar-refractivity contribution in [3.63, 3.8) is 0 Å². The number of halogens is 2. The summed E-state index contributed by atoms with van der Waals surface area (Å²) in [7, 11) is 0. The molecular formula is C42H33Br2O8S6+. The molecule has 0 fully saturated rings. The van der Waals surface area contributed by atoms with E-state index in [0.717, 1.165) is 20.5 Å². The molecule has 58 heavy (non-hydrogen) atoms. The van der Waals surface area contributed by atoms with E-state index in [1.165, 1.54) is 29.9 Å². The lowest BCUT2D eigenvalue weighted by atomic mass is 9.96. The fourth-order valence-corrected chi connectivity index (χ4v) is 12.4. The minimum atomic E-state index is -0.444. The number of thiophene rings is 5. The number of rotatable bonds is 10. The molecule has 7 aromatic rings. The number of benzene rings is 2. The third-order valence-corrected chi connectivity index (χ3v) is 15.8. The Morgan fingerprint density at radius 1 is 0.552 bits per heavy atom. The second-order valence-electron chi connectivity index (χ2n) is 11.7. The first kappa shape index (κ1) is 43.9. The van der Waals surface area contributed by atoms with Crippen LogP contribution in [0.1, 0.15) is 74.7 Å². The second-order valence-corrected chi connectivity index (χ2v) is 19.9. The summed E-state index contributed by atoms with van der Waals surface area (Å²) in [5.41, 5.74) is 4.36. The Kier molecular flexibility index (Phi) is 15.5. The van der Waals surface area contributed by atoms with Crippen molar-refractivity contribution in [1.29, 1.82) is 0 Å². The fraction of sp³-hybridized carbons (Fsp3) is 0.190. The quantitative estimate of drug-likeness (QED) is 0.0752. The minimum Gasteiger partial charge on any atom is -0.462 e. The van der Waals surface area contributed by atoms with E-state index in [1.807, 2.05) is 16.8 Å². The van der Waals surface area contributed by atoms with Crippen molar-refractivity contribution < 1.29 is 38.1 Å². The van der Waals surface area contributed by atoms with Gasteiger partial charge in [-0.05, 0) is 119 Å². The van der Waals surface area contributed by atoms with Gasteiger partial charge in [-0.15, -0.1) is 56.7 Å². The molecule has 6 heterocycles. The van der Waals surface area contributed by atoms with Crippen molar-refractivity contribution >= 4 is 149 Å². The summed E-state index contributed by atoms with van der Waals surface area (Å²) in [6.07, 6.45) is 2.02. The maximum absolute atomic E-state index is 13.0. The van der Waals surface area contributed by atoms with Crippen molar-refractivity contribution in [2.75, 3.05) is 26.4 Å². The maximum atomic E-state index is 13.0. The van der Waals surface area contributed by atoms with Crippen LogP contribution in [-0.4, -0.2) is 50.3 Å². The van der Waals surface area contributed by atoms with E-state index >= 15 is 0 Å². The largest absolute Gasteiger partial charge is 0.462 e. The Bertz CT molecular complexity index is 2420. The number of carbonyl (C=O) groups excluding carboxylic acids is 4. The van der Waals surface area contributed by atoms with Gasteiger partial charge in [-0.3, -0.25) is 0 Å². The summed E-state index contributed by atoms with van der Waals surface area (Å²) in [5, 5.41) is 11.5. The predicted octanol–water partition coefficient (Wildman–Crippen LogP) is 14.1. The molecule has 0 bridgehead atoms. The number of fused-ring (bicyclic) bond motifs is 3. The fourth-order valence-electron chi connectivity index (χ4n) is 5.48. The number of hydrogen-bond acceptors (Lipinski definition) is 14. The van der Waals surface area contributed by atoms with Crippen LogP contribution < -0.4 is 0 Å². The summed E-state index contributed by atoms with van der Waals surface area (Å²) in [6, 6.07) is 17.0. The van der Waals surface area contributed by atoms with Gasteiger partial charge in [0.1, 0.15) is 22.7 Å². The first-order valence-electron chi connectivity index (χ1n) is 17.7. The van der Waals surface area contributed by atoms with Gasteiger partial charge in [0.15, 0.2) is 10.3 Å². The predicted molar refractivity (Wildman–Crippen MR) is 247 cm³/mol. The number of hydrogen-bond donors (Lipinski definition) is 0. The van der Waals surface area contributed by atoms with E-state index in [2.05, 4.69) is 73.0 Å². The third kappa shape index (κ3) is 10.2. The second kappa shape index (κ2) is 20.5. The van der Waals surface area contributed by atoms with E-state index < -0.39 is 23.9 Å². The van der Waals surface area contributed by atoms with Crippen LogP contribution in [0.25, 0.3) is 45.8 Å². The molecule has 0 N–H and O–H groups in total. The van der Waals surface area contributed by atoms with Gasteiger partial charge in [0.2, 0.25) is 0 Å². The number of esters is 4. The highest BCUT2D eigenvalue weighted by Crippen LogP contribution is 2.43. The topological polar surface area (TPSA) is 105 Å². The molecule has 298 valence electrons. The van der Waals surface area contributed by atoms with Gasteiger partial charge in [0.05, 0.1) is 56.7 Å². The molecule has 0 saturated heterocycles. The van der Waals surface area contributed by atoms with E-state index in [1.54, 1.807) is 108 Å². The summed E-state index contributed by atoms with van der Waals surface area (Å²) in [6.45, 7) is 8.19. The lowest BCUT2D eigenvalue weighted by Gasteiger charge is -2.14. The Morgan fingerprint density at radius 2 is 0.966 bits per heavy atom. The van der Waals surface area contributed by atoms with Crippen LogP contribution in [0.2, 0.25) is 0 Å². The van der Waals surface area contributed by atoms with Gasteiger partial charge in [-0.25, -0.2) is 19.2 Å². The molecule has 16 heteroatoms. The Hall–Kier alpha value is -3.70. The average molecular weight is 1020 g/mol. The normalized spacial score (nSPS) is 11.2. The highest BCUT2D eigenvalue weighted by atomic mass is 79.9. The first-order valence-corrected chi connectivity index (χ1v) is 24.4. The first-order chi connectivity index (χ1) is 28.1. The van der Waals surface area contributed by atoms with Gasteiger partial charge in [0.25, 0.3) is 0 Å². The molecular weight excluding hydrogens is 985 g/mol. The van der Waals surface area contributed by atoms with Crippen LogP contribution in [-0.2, 0) is 18.9 Å². The summed E-state index contributed by atoms with van der Waals surface area (Å²) < 4.78 is 25.3. The average Bonchev–Trinajstić information content (AvgIpc) is 4.05. The molecule has 0 aliphatic carbocycles. The highest BCUT2D eigenvalue weighted by Gasteiger charge is 2.25. The van der Waals surface area contributed by atoms with E-state index in [0.29, 0.717) is 55.5 Å². The van der Waals surface area contributed by atoms with Crippen molar-refractivity contribution in [2.45, 2.75) is 31.9 Å². The zero-order valence-electron chi connectivity index (χ0n) is 31.3. The van der Waals surface area contributed by atoms with Crippen LogP contribution in [0.4, 0.5) is 0 Å². The summed E-state index contributed by atoms with van der Waals surface area (Å²) in [5.74, 6) is -1.68. The van der Waals surface area contributed by atoms with Crippen LogP contribution in [0.3, 0.4) is 0 Å². The maximum Gasteiger partial charge on any atom is 0.339 e. The zero-order valence-corrected chi connectivity index (χ0v) is 39.4. The smallest absolute Gasteiger partial charge is 0.339 e. The third-order valence-electron chi connectivity index (χ3n) is 8.05.